The first-order valence-corrected chi connectivity index (χ1v) is 9.39. The van der Waals surface area contributed by atoms with Gasteiger partial charge in [0.1, 0.15) is 0 Å². The molecule has 0 spiro atoms. The van der Waals surface area contributed by atoms with Crippen LogP contribution in [0.3, 0.4) is 0 Å². The number of rotatable bonds is 5. The molecule has 1 aromatic heterocycles. The number of fused-ring (bicyclic) bond motifs is 1. The molecule has 5 heteroatoms. The van der Waals surface area contributed by atoms with Crippen LogP contribution in [0.5, 0.6) is 0 Å². The van der Waals surface area contributed by atoms with E-state index < -0.39 is 0 Å². The summed E-state index contributed by atoms with van der Waals surface area (Å²) >= 11 is 0. The molecule has 2 N–H and O–H groups in total. The summed E-state index contributed by atoms with van der Waals surface area (Å²) in [7, 11) is 0. The minimum absolute atomic E-state index is 0.550. The molecule has 5 nitrogen and oxygen atoms in total. The highest BCUT2D eigenvalue weighted by Crippen LogP contribution is 2.15. The summed E-state index contributed by atoms with van der Waals surface area (Å²) in [5.41, 5.74) is 7.99. The van der Waals surface area contributed by atoms with E-state index in [1.807, 2.05) is 91.0 Å². The maximum Gasteiger partial charge on any atom is 0.190 e. The van der Waals surface area contributed by atoms with Crippen molar-refractivity contribution < 1.29 is 0 Å². The van der Waals surface area contributed by atoms with Crippen molar-refractivity contribution in [2.75, 3.05) is 0 Å². The highest BCUT2D eigenvalue weighted by molar-refractivity contribution is 6.00. The van der Waals surface area contributed by atoms with Crippen LogP contribution < -0.4 is 5.43 Å². The lowest BCUT2D eigenvalue weighted by Crippen LogP contribution is -2.20. The number of hydrogen-bond acceptors (Lipinski definition) is 3. The second-order valence-electron chi connectivity index (χ2n) is 6.56. The number of nitrogens with one attached hydrogen (secondary N) is 2. The molecule has 0 aliphatic heterocycles. The molecular formula is C24H21N5. The number of H-pyrrole nitrogens is 1. The van der Waals surface area contributed by atoms with Gasteiger partial charge < -0.3 is 4.98 Å². The molecule has 0 amide bonds. The number of nitrogens with zero attached hydrogens (tertiary/aromatic N) is 3. The summed E-state index contributed by atoms with van der Waals surface area (Å²) in [4.78, 5) is 12.6. The van der Waals surface area contributed by atoms with E-state index in [1.165, 1.54) is 5.56 Å². The van der Waals surface area contributed by atoms with Crippen LogP contribution in [0.25, 0.3) is 17.1 Å². The smallest absolute Gasteiger partial charge is 0.190 e. The number of imidazole rings is 1. The highest BCUT2D eigenvalue weighted by atomic mass is 15.3. The van der Waals surface area contributed by atoms with E-state index in [4.69, 9.17) is 4.99 Å². The molecule has 4 aromatic rings. The van der Waals surface area contributed by atoms with Crippen molar-refractivity contribution in [2.45, 2.75) is 6.92 Å². The fourth-order valence-electron chi connectivity index (χ4n) is 2.80. The Morgan fingerprint density at radius 3 is 2.48 bits per heavy atom. The average molecular weight is 379 g/mol. The number of benzene rings is 3. The number of aromatic amines is 1. The van der Waals surface area contributed by atoms with Gasteiger partial charge in [0.05, 0.1) is 16.7 Å². The average Bonchev–Trinajstić information content (AvgIpc) is 3.19. The quantitative estimate of drug-likeness (QED) is 0.283. The zero-order valence-electron chi connectivity index (χ0n) is 16.1. The Bertz CT molecular complexity index is 1140. The van der Waals surface area contributed by atoms with Crippen molar-refractivity contribution in [1.29, 1.82) is 0 Å². The van der Waals surface area contributed by atoms with Gasteiger partial charge >= 0.3 is 0 Å². The zero-order valence-corrected chi connectivity index (χ0v) is 16.1. The molecule has 0 aliphatic rings. The van der Waals surface area contributed by atoms with Crippen molar-refractivity contribution >= 4 is 34.8 Å². The lowest BCUT2D eigenvalue weighted by molar-refractivity contribution is 1.01. The molecule has 0 bridgehead atoms. The van der Waals surface area contributed by atoms with Crippen LogP contribution in [0.2, 0.25) is 0 Å². The normalized spacial score (nSPS) is 12.2. The van der Waals surface area contributed by atoms with Crippen molar-refractivity contribution in [3.05, 3.63) is 102 Å². The Morgan fingerprint density at radius 1 is 0.931 bits per heavy atom. The third-order valence-corrected chi connectivity index (χ3v) is 4.31. The van der Waals surface area contributed by atoms with Crippen LogP contribution in [-0.4, -0.2) is 22.0 Å². The highest BCUT2D eigenvalue weighted by Gasteiger charge is 2.09. The van der Waals surface area contributed by atoms with Gasteiger partial charge in [0.15, 0.2) is 11.7 Å². The van der Waals surface area contributed by atoms with Gasteiger partial charge in [-0.25, -0.2) is 9.98 Å². The summed E-state index contributed by atoms with van der Waals surface area (Å²) in [5, 5.41) is 4.29. The topological polar surface area (TPSA) is 65.4 Å². The predicted molar refractivity (Wildman–Crippen MR) is 121 cm³/mol. The summed E-state index contributed by atoms with van der Waals surface area (Å²) in [6.45, 7) is 2.05. The molecule has 0 fully saturated rings. The molecule has 0 unspecified atom stereocenters. The van der Waals surface area contributed by atoms with Gasteiger partial charge in [0.25, 0.3) is 0 Å². The number of aryl methyl sites for hydroxylation is 1. The van der Waals surface area contributed by atoms with Crippen LogP contribution in [0.4, 0.5) is 5.69 Å². The van der Waals surface area contributed by atoms with Crippen LogP contribution in [-0.2, 0) is 0 Å². The first-order chi connectivity index (χ1) is 14.3. The van der Waals surface area contributed by atoms with Gasteiger partial charge in [-0.3, -0.25) is 5.43 Å². The Labute approximate surface area is 169 Å². The Hall–Kier alpha value is -3.99. The predicted octanol–water partition coefficient (Wildman–Crippen LogP) is 5.24. The van der Waals surface area contributed by atoms with Gasteiger partial charge in [0.2, 0.25) is 0 Å². The van der Waals surface area contributed by atoms with E-state index in [2.05, 4.69) is 27.4 Å². The van der Waals surface area contributed by atoms with Crippen molar-refractivity contribution in [3.63, 3.8) is 0 Å². The fraction of sp³-hybridized carbons (Fsp3) is 0.0417. The third kappa shape index (κ3) is 4.84. The molecule has 0 radical (unpaired) electrons. The maximum absolute atomic E-state index is 4.69. The Kier molecular flexibility index (Phi) is 5.58. The number of hydrogen-bond donors (Lipinski definition) is 2. The van der Waals surface area contributed by atoms with Crippen LogP contribution in [0, 0.1) is 6.92 Å². The first kappa shape index (κ1) is 18.4. The van der Waals surface area contributed by atoms with Crippen LogP contribution in [0.15, 0.2) is 95.0 Å². The Morgan fingerprint density at radius 2 is 1.69 bits per heavy atom. The Balaban J connectivity index is 1.58. The summed E-state index contributed by atoms with van der Waals surface area (Å²) in [5.74, 6) is 1.19. The number of allylic oxidation sites excluding steroid dienone is 1. The molecule has 0 atom stereocenters. The molecule has 4 rings (SSSR count). The van der Waals surface area contributed by atoms with Gasteiger partial charge in [-0.05, 0) is 42.8 Å². The van der Waals surface area contributed by atoms with E-state index in [0.717, 1.165) is 22.3 Å². The van der Waals surface area contributed by atoms with Crippen molar-refractivity contribution in [2.24, 2.45) is 10.1 Å². The molecule has 1 heterocycles. The van der Waals surface area contributed by atoms with E-state index in [1.54, 1.807) is 6.21 Å². The molecule has 3 aromatic carbocycles. The summed E-state index contributed by atoms with van der Waals surface area (Å²) < 4.78 is 0. The molecule has 142 valence electrons. The standard InChI is InChI=1S/C24H21N5/c1-18-13-15-20(16-14-18)26-24(23-27-21-11-5-6-12-22(21)28-23)29-25-17-7-10-19-8-3-2-4-9-19/h2-17H,1H3,(H,26,29)(H,27,28). The number of amidine groups is 1. The van der Waals surface area contributed by atoms with E-state index in [0.29, 0.717) is 11.7 Å². The lowest BCUT2D eigenvalue weighted by Gasteiger charge is -2.03. The SMILES string of the molecule is Cc1ccc(N=C(NN=CC=Cc2ccccc2)c2nc3ccccc3[nH]2)cc1. The number of hydrazone groups is 1. The lowest BCUT2D eigenvalue weighted by atomic mass is 10.2. The third-order valence-electron chi connectivity index (χ3n) is 4.31. The molecule has 29 heavy (non-hydrogen) atoms. The van der Waals surface area contributed by atoms with Crippen LogP contribution >= 0.6 is 0 Å². The fourth-order valence-corrected chi connectivity index (χ4v) is 2.80. The number of aliphatic imine (C=N–C) groups is 1. The molecular weight excluding hydrogens is 358 g/mol. The molecule has 0 saturated carbocycles. The monoisotopic (exact) mass is 379 g/mol. The van der Waals surface area contributed by atoms with E-state index in [-0.39, 0.29) is 0 Å². The second-order valence-corrected chi connectivity index (χ2v) is 6.56. The second kappa shape index (κ2) is 8.80. The summed E-state index contributed by atoms with van der Waals surface area (Å²) in [6.07, 6.45) is 5.56. The maximum atomic E-state index is 4.69. The van der Waals surface area contributed by atoms with Crippen LogP contribution in [0.1, 0.15) is 17.0 Å². The number of para-hydroxylation sites is 2. The van der Waals surface area contributed by atoms with E-state index >= 15 is 0 Å². The van der Waals surface area contributed by atoms with Gasteiger partial charge in [-0.1, -0.05) is 66.2 Å². The van der Waals surface area contributed by atoms with Gasteiger partial charge in [-0.15, -0.1) is 0 Å². The largest absolute Gasteiger partial charge is 0.335 e. The first-order valence-electron chi connectivity index (χ1n) is 9.39. The zero-order chi connectivity index (χ0) is 19.9. The minimum Gasteiger partial charge on any atom is -0.335 e. The van der Waals surface area contributed by atoms with Crippen molar-refractivity contribution in [1.82, 2.24) is 15.4 Å². The summed E-state index contributed by atoms with van der Waals surface area (Å²) in [6, 6.07) is 26.0. The van der Waals surface area contributed by atoms with E-state index in [9.17, 15) is 0 Å². The number of aromatic nitrogens is 2. The minimum atomic E-state index is 0.550. The molecule has 0 aliphatic carbocycles. The van der Waals surface area contributed by atoms with Crippen molar-refractivity contribution in [3.8, 4) is 0 Å². The van der Waals surface area contributed by atoms with Gasteiger partial charge in [0, 0.05) is 6.21 Å². The molecule has 0 saturated heterocycles. The van der Waals surface area contributed by atoms with Gasteiger partial charge in [-0.2, -0.15) is 5.10 Å².